The number of Topliss-reactive ketones (excluding diaryl/α,β-unsaturated/α-hetero) is 1. The highest BCUT2D eigenvalue weighted by Gasteiger charge is 2.16. The third-order valence-electron chi connectivity index (χ3n) is 4.68. The van der Waals surface area contributed by atoms with Crippen LogP contribution in [0.4, 0.5) is 0 Å². The molecule has 0 radical (unpaired) electrons. The first kappa shape index (κ1) is 19.7. The van der Waals surface area contributed by atoms with Gasteiger partial charge >= 0.3 is 5.97 Å². The molecule has 0 fully saturated rings. The smallest absolute Gasteiger partial charge is 0.344 e. The number of esters is 1. The molecule has 2 aromatic carbocycles. The Morgan fingerprint density at radius 1 is 1.00 bits per heavy atom. The van der Waals surface area contributed by atoms with Gasteiger partial charge in [0.25, 0.3) is 0 Å². The maximum Gasteiger partial charge on any atom is 0.344 e. The third-order valence-corrected chi connectivity index (χ3v) is 4.68. The molecule has 0 spiro atoms. The van der Waals surface area contributed by atoms with Gasteiger partial charge < -0.3 is 14.2 Å². The topological polar surface area (TPSA) is 61.8 Å². The standard InChI is InChI=1S/C23H24O5/c1-3-5-16-8-11-21(22(12-16)26-2)27-15-23(25)28-14-20(24)19-10-9-17-6-4-7-18(17)13-19/h3,5,8-13H,4,6-7,14-15H2,1-2H3/b5-3+. The zero-order valence-corrected chi connectivity index (χ0v) is 16.2. The number of methoxy groups -OCH3 is 1. The number of aryl methyl sites for hydroxylation is 2. The molecule has 0 N–H and O–H groups in total. The zero-order chi connectivity index (χ0) is 19.9. The van der Waals surface area contributed by atoms with Crippen LogP contribution in [0, 0.1) is 0 Å². The van der Waals surface area contributed by atoms with Gasteiger partial charge in [-0.3, -0.25) is 4.79 Å². The lowest BCUT2D eigenvalue weighted by Crippen LogP contribution is -2.19. The molecule has 0 saturated heterocycles. The summed E-state index contributed by atoms with van der Waals surface area (Å²) in [5.74, 6) is 0.153. The highest BCUT2D eigenvalue weighted by Crippen LogP contribution is 2.28. The highest BCUT2D eigenvalue weighted by molar-refractivity contribution is 5.98. The Kier molecular flexibility index (Phi) is 6.48. The summed E-state index contributed by atoms with van der Waals surface area (Å²) in [4.78, 5) is 24.2. The fourth-order valence-corrected chi connectivity index (χ4v) is 3.25. The van der Waals surface area contributed by atoms with E-state index in [2.05, 4.69) is 0 Å². The minimum absolute atomic E-state index is 0.212. The lowest BCUT2D eigenvalue weighted by Gasteiger charge is -2.11. The average molecular weight is 380 g/mol. The maximum absolute atomic E-state index is 12.3. The third kappa shape index (κ3) is 4.80. The van der Waals surface area contributed by atoms with Crippen LogP contribution in [0.3, 0.4) is 0 Å². The molecule has 0 aromatic heterocycles. The van der Waals surface area contributed by atoms with Crippen molar-refractivity contribution in [1.82, 2.24) is 0 Å². The van der Waals surface area contributed by atoms with Gasteiger partial charge in [-0.1, -0.05) is 30.4 Å². The monoisotopic (exact) mass is 380 g/mol. The van der Waals surface area contributed by atoms with Crippen LogP contribution in [0.1, 0.15) is 40.4 Å². The van der Waals surface area contributed by atoms with Gasteiger partial charge in [0.15, 0.2) is 30.5 Å². The molecule has 5 nitrogen and oxygen atoms in total. The first-order valence-electron chi connectivity index (χ1n) is 9.35. The Morgan fingerprint density at radius 2 is 1.82 bits per heavy atom. The summed E-state index contributed by atoms with van der Waals surface area (Å²) in [5, 5.41) is 0. The van der Waals surface area contributed by atoms with Crippen molar-refractivity contribution >= 4 is 17.8 Å². The zero-order valence-electron chi connectivity index (χ0n) is 16.2. The van der Waals surface area contributed by atoms with E-state index in [-0.39, 0.29) is 19.0 Å². The number of allylic oxidation sites excluding steroid dienone is 1. The summed E-state index contributed by atoms with van der Waals surface area (Å²) in [6, 6.07) is 11.1. The van der Waals surface area contributed by atoms with Gasteiger partial charge in [-0.15, -0.1) is 0 Å². The van der Waals surface area contributed by atoms with E-state index in [0.29, 0.717) is 17.1 Å². The summed E-state index contributed by atoms with van der Waals surface area (Å²) in [7, 11) is 1.54. The average Bonchev–Trinajstić information content (AvgIpc) is 3.19. The molecular formula is C23H24O5. The number of hydrogen-bond acceptors (Lipinski definition) is 5. The van der Waals surface area contributed by atoms with Crippen LogP contribution in [0.2, 0.25) is 0 Å². The second-order valence-electron chi connectivity index (χ2n) is 6.62. The van der Waals surface area contributed by atoms with Gasteiger partial charge in [0, 0.05) is 5.56 Å². The molecule has 1 aliphatic carbocycles. The summed E-state index contributed by atoms with van der Waals surface area (Å²) in [6.07, 6.45) is 7.04. The molecule has 3 rings (SSSR count). The molecule has 0 bridgehead atoms. The van der Waals surface area contributed by atoms with Gasteiger partial charge in [-0.05, 0) is 61.1 Å². The van der Waals surface area contributed by atoms with Crippen LogP contribution in [0.5, 0.6) is 11.5 Å². The van der Waals surface area contributed by atoms with Crippen molar-refractivity contribution in [1.29, 1.82) is 0 Å². The summed E-state index contributed by atoms with van der Waals surface area (Å²) >= 11 is 0. The van der Waals surface area contributed by atoms with E-state index in [1.54, 1.807) is 12.1 Å². The van der Waals surface area contributed by atoms with Crippen LogP contribution >= 0.6 is 0 Å². The fraction of sp³-hybridized carbons (Fsp3) is 0.304. The van der Waals surface area contributed by atoms with Crippen molar-refractivity contribution < 1.29 is 23.8 Å². The molecule has 0 atom stereocenters. The van der Waals surface area contributed by atoms with Crippen molar-refractivity contribution in [3.05, 3.63) is 64.7 Å². The van der Waals surface area contributed by atoms with Gasteiger partial charge in [-0.25, -0.2) is 4.79 Å². The van der Waals surface area contributed by atoms with E-state index in [4.69, 9.17) is 14.2 Å². The number of benzene rings is 2. The minimum atomic E-state index is -0.603. The van der Waals surface area contributed by atoms with Crippen LogP contribution in [0.25, 0.3) is 6.08 Å². The van der Waals surface area contributed by atoms with E-state index in [9.17, 15) is 9.59 Å². The Balaban J connectivity index is 1.51. The number of ketones is 1. The van der Waals surface area contributed by atoms with Crippen LogP contribution < -0.4 is 9.47 Å². The van der Waals surface area contributed by atoms with Crippen molar-refractivity contribution in [2.75, 3.05) is 20.3 Å². The lowest BCUT2D eigenvalue weighted by molar-refractivity contribution is -0.144. The molecule has 0 unspecified atom stereocenters. The first-order chi connectivity index (χ1) is 13.6. The molecule has 28 heavy (non-hydrogen) atoms. The molecule has 0 aliphatic heterocycles. The number of rotatable bonds is 8. The highest BCUT2D eigenvalue weighted by atomic mass is 16.6. The molecule has 146 valence electrons. The molecule has 0 saturated carbocycles. The summed E-state index contributed by atoms with van der Waals surface area (Å²) < 4.78 is 15.8. The predicted molar refractivity (Wildman–Crippen MR) is 107 cm³/mol. The molecule has 1 aliphatic rings. The minimum Gasteiger partial charge on any atom is -0.493 e. The van der Waals surface area contributed by atoms with Gasteiger partial charge in [0.2, 0.25) is 0 Å². The predicted octanol–water partition coefficient (Wildman–Crippen LogP) is 4.02. The quantitative estimate of drug-likeness (QED) is 0.511. The number of hydrogen-bond donors (Lipinski definition) is 0. The normalized spacial score (nSPS) is 12.6. The molecule has 2 aromatic rings. The maximum atomic E-state index is 12.3. The second-order valence-corrected chi connectivity index (χ2v) is 6.62. The Bertz CT molecular complexity index is 898. The van der Waals surface area contributed by atoms with Crippen LogP contribution in [-0.2, 0) is 22.4 Å². The van der Waals surface area contributed by atoms with Gasteiger partial charge in [-0.2, -0.15) is 0 Å². The van der Waals surface area contributed by atoms with Crippen molar-refractivity contribution in [3.63, 3.8) is 0 Å². The number of carbonyl (C=O) groups is 2. The summed E-state index contributed by atoms with van der Waals surface area (Å²) in [6.45, 7) is 1.34. The molecule has 0 heterocycles. The molecule has 0 amide bonds. The molecule has 5 heteroatoms. The Morgan fingerprint density at radius 3 is 2.61 bits per heavy atom. The number of fused-ring (bicyclic) bond motifs is 1. The van der Waals surface area contributed by atoms with Crippen molar-refractivity contribution in [3.8, 4) is 11.5 Å². The van der Waals surface area contributed by atoms with Gasteiger partial charge in [0.05, 0.1) is 7.11 Å². The SMILES string of the molecule is C/C=C/c1ccc(OCC(=O)OCC(=O)c2ccc3c(c2)CCC3)c(OC)c1. The van der Waals surface area contributed by atoms with E-state index >= 15 is 0 Å². The largest absolute Gasteiger partial charge is 0.493 e. The van der Waals surface area contributed by atoms with Crippen molar-refractivity contribution in [2.24, 2.45) is 0 Å². The van der Waals surface area contributed by atoms with Gasteiger partial charge in [0.1, 0.15) is 0 Å². The second kappa shape index (κ2) is 9.22. The van der Waals surface area contributed by atoms with E-state index in [0.717, 1.165) is 24.8 Å². The molecular weight excluding hydrogens is 356 g/mol. The number of ether oxygens (including phenoxy) is 3. The van der Waals surface area contributed by atoms with Crippen LogP contribution in [-0.4, -0.2) is 32.1 Å². The fourth-order valence-electron chi connectivity index (χ4n) is 3.25. The summed E-state index contributed by atoms with van der Waals surface area (Å²) in [5.41, 5.74) is 4.06. The Labute approximate surface area is 164 Å². The van der Waals surface area contributed by atoms with Crippen LogP contribution in [0.15, 0.2) is 42.5 Å². The lowest BCUT2D eigenvalue weighted by atomic mass is 10.0. The van der Waals surface area contributed by atoms with E-state index < -0.39 is 5.97 Å². The number of carbonyl (C=O) groups excluding carboxylic acids is 2. The van der Waals surface area contributed by atoms with E-state index in [1.165, 1.54) is 18.2 Å². The first-order valence-corrected chi connectivity index (χ1v) is 9.35. The van der Waals surface area contributed by atoms with Crippen molar-refractivity contribution in [2.45, 2.75) is 26.2 Å². The Hall–Kier alpha value is -3.08. The van der Waals surface area contributed by atoms with E-state index in [1.807, 2.05) is 43.3 Å².